The number of carbonyl (C=O) groups excluding carboxylic acids is 4. The number of phenolic OH excluding ortho intramolecular Hbond substituents is 1. The van der Waals surface area contributed by atoms with E-state index in [2.05, 4.69) is 17.6 Å². The van der Waals surface area contributed by atoms with Gasteiger partial charge in [-0.05, 0) is 76.8 Å². The lowest BCUT2D eigenvalue weighted by molar-refractivity contribution is -0.144. The molecule has 0 spiro atoms. The second kappa shape index (κ2) is 18.0. The summed E-state index contributed by atoms with van der Waals surface area (Å²) in [4.78, 5) is 55.2. The first-order valence-electron chi connectivity index (χ1n) is 15.8. The fraction of sp³-hybridized carbons (Fsp3) is 0.543. The molecule has 0 fully saturated rings. The van der Waals surface area contributed by atoms with Crippen molar-refractivity contribution in [1.29, 1.82) is 0 Å². The molecule has 10 heteroatoms. The maximum atomic E-state index is 14.6. The number of aromatic hydroxyl groups is 1. The third-order valence-corrected chi connectivity index (χ3v) is 7.12. The number of nitrogens with one attached hydrogen (secondary N) is 2. The van der Waals surface area contributed by atoms with E-state index in [9.17, 15) is 24.3 Å². The van der Waals surface area contributed by atoms with E-state index in [1.54, 1.807) is 44.7 Å². The molecule has 2 unspecified atom stereocenters. The Kier molecular flexibility index (Phi) is 14.9. The molecule has 0 aromatic heterocycles. The third-order valence-electron chi connectivity index (χ3n) is 7.12. The average molecular weight is 626 g/mol. The van der Waals surface area contributed by atoms with Crippen molar-refractivity contribution in [1.82, 2.24) is 15.5 Å². The maximum absolute atomic E-state index is 14.6. The molecule has 0 aliphatic heterocycles. The van der Waals surface area contributed by atoms with Crippen molar-refractivity contribution in [3.8, 4) is 5.75 Å². The molecule has 0 saturated carbocycles. The molecule has 0 saturated heterocycles. The molecule has 0 bridgehead atoms. The fourth-order valence-electron chi connectivity index (χ4n) is 4.92. The number of carbonyl (C=O) groups is 4. The maximum Gasteiger partial charge on any atom is 0.408 e. The van der Waals surface area contributed by atoms with E-state index >= 15 is 0 Å². The number of hydrogen-bond acceptors (Lipinski definition) is 7. The lowest BCUT2D eigenvalue weighted by atomic mass is 9.95. The summed E-state index contributed by atoms with van der Waals surface area (Å²) in [6.07, 6.45) is 2.80. The van der Waals surface area contributed by atoms with Crippen LogP contribution in [0.5, 0.6) is 5.75 Å². The van der Waals surface area contributed by atoms with Crippen LogP contribution in [0.1, 0.15) is 95.0 Å². The number of aryl methyl sites for hydroxylation is 2. The van der Waals surface area contributed by atoms with E-state index in [0.29, 0.717) is 17.5 Å². The van der Waals surface area contributed by atoms with Crippen molar-refractivity contribution in [2.24, 2.45) is 0 Å². The topological polar surface area (TPSA) is 134 Å². The molecule has 248 valence electrons. The molecule has 2 atom stereocenters. The number of ether oxygens (including phenoxy) is 2. The largest absolute Gasteiger partial charge is 0.508 e. The highest BCUT2D eigenvalue weighted by atomic mass is 16.6. The van der Waals surface area contributed by atoms with Crippen molar-refractivity contribution in [2.75, 3.05) is 19.7 Å². The molecule has 0 aliphatic carbocycles. The van der Waals surface area contributed by atoms with Crippen LogP contribution in [0.3, 0.4) is 0 Å². The molecule has 0 aliphatic rings. The molecule has 2 rings (SSSR count). The first-order chi connectivity index (χ1) is 21.2. The summed E-state index contributed by atoms with van der Waals surface area (Å²) >= 11 is 0. The predicted molar refractivity (Wildman–Crippen MR) is 174 cm³/mol. The number of benzene rings is 2. The summed E-state index contributed by atoms with van der Waals surface area (Å²) in [5.74, 6) is -1.23. The minimum atomic E-state index is -1.07. The van der Waals surface area contributed by atoms with Crippen LogP contribution >= 0.6 is 0 Å². The first-order valence-corrected chi connectivity index (χ1v) is 15.8. The number of rotatable bonds is 16. The van der Waals surface area contributed by atoms with Gasteiger partial charge in [-0.25, -0.2) is 4.79 Å². The van der Waals surface area contributed by atoms with Gasteiger partial charge >= 0.3 is 12.1 Å². The first kappa shape index (κ1) is 37.1. The summed E-state index contributed by atoms with van der Waals surface area (Å²) in [6, 6.07) is 10.1. The Bertz CT molecular complexity index is 1270. The highest BCUT2D eigenvalue weighted by molar-refractivity contribution is 5.92. The van der Waals surface area contributed by atoms with E-state index in [1.807, 2.05) is 32.0 Å². The number of alkyl carbamates (subject to hydrolysis) is 1. The van der Waals surface area contributed by atoms with Gasteiger partial charge in [-0.15, -0.1) is 0 Å². The molecule has 45 heavy (non-hydrogen) atoms. The summed E-state index contributed by atoms with van der Waals surface area (Å²) < 4.78 is 10.5. The lowest BCUT2D eigenvalue weighted by Crippen LogP contribution is -2.54. The number of amides is 3. The van der Waals surface area contributed by atoms with Crippen LogP contribution in [-0.4, -0.2) is 65.2 Å². The molecule has 3 N–H and O–H groups in total. The zero-order valence-electron chi connectivity index (χ0n) is 27.9. The van der Waals surface area contributed by atoms with Crippen molar-refractivity contribution in [3.63, 3.8) is 0 Å². The van der Waals surface area contributed by atoms with Crippen molar-refractivity contribution >= 4 is 23.9 Å². The van der Waals surface area contributed by atoms with Gasteiger partial charge < -0.3 is 30.1 Å². The van der Waals surface area contributed by atoms with Crippen LogP contribution in [0, 0.1) is 13.8 Å². The van der Waals surface area contributed by atoms with Crippen molar-refractivity contribution in [2.45, 2.75) is 105 Å². The van der Waals surface area contributed by atoms with Gasteiger partial charge in [-0.1, -0.05) is 62.1 Å². The van der Waals surface area contributed by atoms with Crippen LogP contribution in [0.25, 0.3) is 0 Å². The molecular weight excluding hydrogens is 574 g/mol. The van der Waals surface area contributed by atoms with Gasteiger partial charge in [0.15, 0.2) is 0 Å². The Morgan fingerprint density at radius 2 is 1.64 bits per heavy atom. The molecule has 3 amide bonds. The Labute approximate surface area is 267 Å². The zero-order valence-corrected chi connectivity index (χ0v) is 27.9. The second-order valence-electron chi connectivity index (χ2n) is 12.3. The van der Waals surface area contributed by atoms with Gasteiger partial charge in [0.25, 0.3) is 0 Å². The Morgan fingerprint density at radius 3 is 2.27 bits per heavy atom. The van der Waals surface area contributed by atoms with Crippen LogP contribution in [0.15, 0.2) is 42.5 Å². The molecule has 2 aromatic carbocycles. The van der Waals surface area contributed by atoms with Gasteiger partial charge in [0.1, 0.15) is 23.4 Å². The standard InChI is InChI=1S/C35H51N3O7/c1-8-10-11-12-21-38(31(28-22-24(3)13-14-25(28)4)32(41)36-20-19-30(40)44-9-2)33(42)29(37-34(43)45-35(5,6)7)23-26-15-17-27(39)18-16-26/h13-18,22,29,31,39H,8-12,19-21,23H2,1-7H3,(H,36,41)(H,37,43). The monoisotopic (exact) mass is 625 g/mol. The Morgan fingerprint density at radius 1 is 0.956 bits per heavy atom. The van der Waals surface area contributed by atoms with E-state index in [-0.39, 0.29) is 38.3 Å². The average Bonchev–Trinajstić information content (AvgIpc) is 2.95. The zero-order chi connectivity index (χ0) is 33.6. The van der Waals surface area contributed by atoms with E-state index in [4.69, 9.17) is 9.47 Å². The summed E-state index contributed by atoms with van der Waals surface area (Å²) in [5.41, 5.74) is 2.32. The Hall–Kier alpha value is -4.08. The predicted octanol–water partition coefficient (Wildman–Crippen LogP) is 5.66. The summed E-state index contributed by atoms with van der Waals surface area (Å²) in [5, 5.41) is 15.4. The highest BCUT2D eigenvalue weighted by Gasteiger charge is 2.37. The number of phenols is 1. The van der Waals surface area contributed by atoms with E-state index in [0.717, 1.165) is 30.4 Å². The quantitative estimate of drug-likeness (QED) is 0.162. The summed E-state index contributed by atoms with van der Waals surface area (Å²) in [6.45, 7) is 13.4. The van der Waals surface area contributed by atoms with Gasteiger partial charge in [-0.3, -0.25) is 14.4 Å². The van der Waals surface area contributed by atoms with Gasteiger partial charge in [0, 0.05) is 19.5 Å². The minimum Gasteiger partial charge on any atom is -0.508 e. The lowest BCUT2D eigenvalue weighted by Gasteiger charge is -2.35. The second-order valence-corrected chi connectivity index (χ2v) is 12.3. The van der Waals surface area contributed by atoms with E-state index in [1.165, 1.54) is 12.1 Å². The number of unbranched alkanes of at least 4 members (excludes halogenated alkanes) is 3. The Balaban J connectivity index is 2.58. The van der Waals surface area contributed by atoms with Crippen LogP contribution in [0.4, 0.5) is 4.79 Å². The number of esters is 1. The normalized spacial score (nSPS) is 12.5. The van der Waals surface area contributed by atoms with Crippen LogP contribution in [-0.2, 0) is 30.3 Å². The van der Waals surface area contributed by atoms with Crippen LogP contribution in [0.2, 0.25) is 0 Å². The molecular formula is C35H51N3O7. The number of nitrogens with zero attached hydrogens (tertiary/aromatic N) is 1. The molecule has 0 radical (unpaired) electrons. The smallest absolute Gasteiger partial charge is 0.408 e. The minimum absolute atomic E-state index is 0.00672. The van der Waals surface area contributed by atoms with Crippen LogP contribution < -0.4 is 10.6 Å². The summed E-state index contributed by atoms with van der Waals surface area (Å²) in [7, 11) is 0. The van der Waals surface area contributed by atoms with Gasteiger partial charge in [0.05, 0.1) is 13.0 Å². The van der Waals surface area contributed by atoms with Gasteiger partial charge in [0.2, 0.25) is 11.8 Å². The molecule has 2 aromatic rings. The number of hydrogen-bond donors (Lipinski definition) is 3. The highest BCUT2D eigenvalue weighted by Crippen LogP contribution is 2.28. The third kappa shape index (κ3) is 12.8. The SMILES string of the molecule is CCCCCCN(C(=O)C(Cc1ccc(O)cc1)NC(=O)OC(C)(C)C)C(C(=O)NCCC(=O)OCC)c1cc(C)ccc1C. The van der Waals surface area contributed by atoms with Gasteiger partial charge in [-0.2, -0.15) is 0 Å². The molecule has 10 nitrogen and oxygen atoms in total. The molecule has 0 heterocycles. The van der Waals surface area contributed by atoms with Crippen molar-refractivity contribution < 1.29 is 33.8 Å². The fourth-order valence-corrected chi connectivity index (χ4v) is 4.92. The van der Waals surface area contributed by atoms with E-state index < -0.39 is 41.6 Å². The van der Waals surface area contributed by atoms with Crippen molar-refractivity contribution in [3.05, 3.63) is 64.7 Å².